The zero-order valence-electron chi connectivity index (χ0n) is 12.6. The van der Waals surface area contributed by atoms with Gasteiger partial charge in [-0.05, 0) is 24.3 Å². The smallest absolute Gasteiger partial charge is 0.0541 e. The van der Waals surface area contributed by atoms with Crippen LogP contribution in [0.15, 0.2) is 48.8 Å². The predicted octanol–water partition coefficient (Wildman–Crippen LogP) is 0.943. The van der Waals surface area contributed by atoms with E-state index < -0.39 is 0 Å². The van der Waals surface area contributed by atoms with Crippen LogP contribution in [0, 0.1) is 0 Å². The van der Waals surface area contributed by atoms with Crippen molar-refractivity contribution in [2.75, 3.05) is 26.2 Å². The molecule has 0 aromatic carbocycles. The van der Waals surface area contributed by atoms with Crippen molar-refractivity contribution in [2.24, 2.45) is 0 Å². The van der Waals surface area contributed by atoms with Crippen LogP contribution in [-0.2, 0) is 29.9 Å². The summed E-state index contributed by atoms with van der Waals surface area (Å²) in [6.45, 7) is 5.44. The average molecular weight is 344 g/mol. The molecule has 1 radical (unpaired) electrons. The molecule has 0 aliphatic heterocycles. The van der Waals surface area contributed by atoms with Gasteiger partial charge in [0.2, 0.25) is 0 Å². The summed E-state index contributed by atoms with van der Waals surface area (Å²) < 4.78 is 0. The van der Waals surface area contributed by atoms with Crippen molar-refractivity contribution in [3.63, 3.8) is 0 Å². The third-order valence-electron chi connectivity index (χ3n) is 3.02. The van der Waals surface area contributed by atoms with Gasteiger partial charge >= 0.3 is 0 Å². The van der Waals surface area contributed by atoms with Crippen molar-refractivity contribution >= 4 is 0 Å². The number of hydrogen-bond acceptors (Lipinski definition) is 5. The van der Waals surface area contributed by atoms with Crippen LogP contribution in [0.4, 0.5) is 0 Å². The summed E-state index contributed by atoms with van der Waals surface area (Å²) in [5, 5.41) is 10.1. The number of nitrogens with zero attached hydrogens (tertiary/aromatic N) is 2. The fourth-order valence-corrected chi connectivity index (χ4v) is 1.92. The Morgan fingerprint density at radius 3 is 1.50 bits per heavy atom. The summed E-state index contributed by atoms with van der Waals surface area (Å²) in [5.74, 6) is 0. The van der Waals surface area contributed by atoms with E-state index in [0.29, 0.717) is 0 Å². The SMILES string of the molecule is [Co].c1ccc(CNCCNCCNCc2ccccn2)nc1. The molecule has 2 heterocycles. The maximum Gasteiger partial charge on any atom is 0.0541 e. The van der Waals surface area contributed by atoms with Gasteiger partial charge in [0.05, 0.1) is 11.4 Å². The number of hydrogen-bond donors (Lipinski definition) is 3. The van der Waals surface area contributed by atoms with Gasteiger partial charge in [-0.15, -0.1) is 0 Å². The minimum absolute atomic E-state index is 0. The summed E-state index contributed by atoms with van der Waals surface area (Å²) >= 11 is 0. The van der Waals surface area contributed by atoms with E-state index >= 15 is 0 Å². The summed E-state index contributed by atoms with van der Waals surface area (Å²) in [6, 6.07) is 11.9. The largest absolute Gasteiger partial charge is 0.314 e. The fourth-order valence-electron chi connectivity index (χ4n) is 1.92. The zero-order valence-corrected chi connectivity index (χ0v) is 13.6. The van der Waals surface area contributed by atoms with E-state index in [9.17, 15) is 0 Å². The van der Waals surface area contributed by atoms with Crippen LogP contribution in [0.25, 0.3) is 0 Å². The molecule has 5 nitrogen and oxygen atoms in total. The van der Waals surface area contributed by atoms with Gasteiger partial charge in [-0.2, -0.15) is 0 Å². The normalized spacial score (nSPS) is 10.2. The minimum atomic E-state index is 0. The molecule has 2 aromatic rings. The van der Waals surface area contributed by atoms with E-state index in [4.69, 9.17) is 0 Å². The molecule has 0 unspecified atom stereocenters. The summed E-state index contributed by atoms with van der Waals surface area (Å²) in [4.78, 5) is 8.53. The summed E-state index contributed by atoms with van der Waals surface area (Å²) in [7, 11) is 0. The molecule has 2 rings (SSSR count). The molecule has 0 aliphatic rings. The Balaban J connectivity index is 0.00000242. The number of pyridine rings is 2. The molecule has 0 aliphatic carbocycles. The minimum Gasteiger partial charge on any atom is -0.314 e. The molecule has 0 bridgehead atoms. The van der Waals surface area contributed by atoms with Gasteiger partial charge in [0.1, 0.15) is 0 Å². The third kappa shape index (κ3) is 8.21. The first-order chi connectivity index (χ1) is 10.4. The number of rotatable bonds is 10. The van der Waals surface area contributed by atoms with Crippen molar-refractivity contribution < 1.29 is 16.8 Å². The molecule has 0 saturated heterocycles. The predicted molar refractivity (Wildman–Crippen MR) is 84.8 cm³/mol. The quantitative estimate of drug-likeness (QED) is 0.560. The van der Waals surface area contributed by atoms with Gasteiger partial charge in [-0.3, -0.25) is 9.97 Å². The molecule has 0 fully saturated rings. The fraction of sp³-hybridized carbons (Fsp3) is 0.375. The van der Waals surface area contributed by atoms with E-state index in [1.54, 1.807) is 0 Å². The summed E-state index contributed by atoms with van der Waals surface area (Å²) in [5.41, 5.74) is 2.16. The molecule has 0 saturated carbocycles. The standard InChI is InChI=1S/C16H23N5.Co/c1-3-7-20-15(5-1)13-18-11-9-17-10-12-19-14-16-6-2-4-8-21-16;/h1-8,17-19H,9-14H2;. The van der Waals surface area contributed by atoms with Gasteiger partial charge in [-0.25, -0.2) is 0 Å². The maximum absolute atomic E-state index is 4.27. The second-order valence-electron chi connectivity index (χ2n) is 4.75. The Morgan fingerprint density at radius 2 is 1.09 bits per heavy atom. The Morgan fingerprint density at radius 1 is 0.636 bits per heavy atom. The topological polar surface area (TPSA) is 61.9 Å². The molecule has 0 atom stereocenters. The van der Waals surface area contributed by atoms with E-state index in [0.717, 1.165) is 50.7 Å². The first-order valence-electron chi connectivity index (χ1n) is 7.37. The van der Waals surface area contributed by atoms with Crippen LogP contribution >= 0.6 is 0 Å². The van der Waals surface area contributed by atoms with Crippen LogP contribution in [-0.4, -0.2) is 36.1 Å². The molecule has 6 heteroatoms. The Labute approximate surface area is 142 Å². The van der Waals surface area contributed by atoms with E-state index in [1.165, 1.54) is 0 Å². The molecular formula is C16H23CoN5. The van der Waals surface area contributed by atoms with Crippen LogP contribution in [0.1, 0.15) is 11.4 Å². The first-order valence-corrected chi connectivity index (χ1v) is 7.37. The second-order valence-corrected chi connectivity index (χ2v) is 4.75. The molecule has 0 spiro atoms. The van der Waals surface area contributed by atoms with Crippen molar-refractivity contribution in [3.8, 4) is 0 Å². The average Bonchev–Trinajstić information content (AvgIpc) is 2.55. The van der Waals surface area contributed by atoms with Crippen molar-refractivity contribution in [1.29, 1.82) is 0 Å². The van der Waals surface area contributed by atoms with Gasteiger partial charge in [0.25, 0.3) is 0 Å². The number of aromatic nitrogens is 2. The Bertz CT molecular complexity index is 435. The molecule has 22 heavy (non-hydrogen) atoms. The van der Waals surface area contributed by atoms with E-state index in [-0.39, 0.29) is 16.8 Å². The summed E-state index contributed by atoms with van der Waals surface area (Å²) in [6.07, 6.45) is 3.64. The van der Waals surface area contributed by atoms with Crippen LogP contribution in [0.5, 0.6) is 0 Å². The Hall–Kier alpha value is -1.31. The van der Waals surface area contributed by atoms with E-state index in [1.807, 2.05) is 48.8 Å². The van der Waals surface area contributed by atoms with E-state index in [2.05, 4.69) is 25.9 Å². The van der Waals surface area contributed by atoms with Gasteiger partial charge in [0.15, 0.2) is 0 Å². The van der Waals surface area contributed by atoms with Crippen molar-refractivity contribution in [3.05, 3.63) is 60.2 Å². The van der Waals surface area contributed by atoms with Crippen molar-refractivity contribution in [2.45, 2.75) is 13.1 Å². The maximum atomic E-state index is 4.27. The van der Waals surface area contributed by atoms with Gasteiger partial charge in [-0.1, -0.05) is 12.1 Å². The van der Waals surface area contributed by atoms with Crippen LogP contribution in [0.2, 0.25) is 0 Å². The molecular weight excluding hydrogens is 321 g/mol. The van der Waals surface area contributed by atoms with Crippen LogP contribution < -0.4 is 16.0 Å². The monoisotopic (exact) mass is 344 g/mol. The zero-order chi connectivity index (χ0) is 14.6. The molecule has 121 valence electrons. The molecule has 2 aromatic heterocycles. The molecule has 3 N–H and O–H groups in total. The van der Waals surface area contributed by atoms with Crippen molar-refractivity contribution in [1.82, 2.24) is 25.9 Å². The first kappa shape index (κ1) is 18.7. The van der Waals surface area contributed by atoms with Crippen LogP contribution in [0.3, 0.4) is 0 Å². The van der Waals surface area contributed by atoms with Gasteiger partial charge < -0.3 is 16.0 Å². The molecule has 0 amide bonds. The Kier molecular flexibility index (Phi) is 10.4. The third-order valence-corrected chi connectivity index (χ3v) is 3.02. The number of nitrogens with one attached hydrogen (secondary N) is 3. The van der Waals surface area contributed by atoms with Gasteiger partial charge in [0, 0.05) is 68.4 Å². The second kappa shape index (κ2) is 12.3.